The van der Waals surface area contributed by atoms with Gasteiger partial charge in [-0.15, -0.1) is 0 Å². The normalized spacial score (nSPS) is 12.3. The topological polar surface area (TPSA) is 36.2 Å². The molecule has 2 heteroatoms. The molecule has 10 heavy (non-hydrogen) atoms. The second kappa shape index (κ2) is 4.20. The highest BCUT2D eigenvalue weighted by Gasteiger charge is 1.94. The van der Waals surface area contributed by atoms with Crippen molar-refractivity contribution in [2.24, 2.45) is 4.99 Å². The van der Waals surface area contributed by atoms with E-state index in [1.807, 2.05) is 20.8 Å². The maximum atomic E-state index is 7.19. The lowest BCUT2D eigenvalue weighted by Crippen LogP contribution is -2.02. The molecule has 0 saturated carbocycles. The Labute approximate surface area is 62.9 Å². The zero-order valence-corrected chi connectivity index (χ0v) is 7.23. The van der Waals surface area contributed by atoms with Gasteiger partial charge in [-0.2, -0.15) is 0 Å². The van der Waals surface area contributed by atoms with Gasteiger partial charge in [-0.1, -0.05) is 0 Å². The van der Waals surface area contributed by atoms with Crippen molar-refractivity contribution in [1.29, 1.82) is 5.41 Å². The van der Waals surface area contributed by atoms with Crippen molar-refractivity contribution >= 4 is 11.4 Å². The van der Waals surface area contributed by atoms with Crippen molar-refractivity contribution in [3.63, 3.8) is 0 Å². The summed E-state index contributed by atoms with van der Waals surface area (Å²) in [6.45, 7) is 7.86. The fourth-order valence-electron chi connectivity index (χ4n) is 0.870. The summed E-state index contributed by atoms with van der Waals surface area (Å²) in [7, 11) is 0. The van der Waals surface area contributed by atoms with Crippen LogP contribution in [0.25, 0.3) is 0 Å². The van der Waals surface area contributed by atoms with E-state index in [0.717, 1.165) is 12.1 Å². The predicted octanol–water partition coefficient (Wildman–Crippen LogP) is 2.29. The van der Waals surface area contributed by atoms with Gasteiger partial charge in [-0.25, -0.2) is 0 Å². The van der Waals surface area contributed by atoms with Gasteiger partial charge in [0.25, 0.3) is 0 Å². The highest BCUT2D eigenvalue weighted by molar-refractivity contribution is 6.00. The lowest BCUT2D eigenvalue weighted by molar-refractivity contribution is 0.832. The third-order valence-electron chi connectivity index (χ3n) is 1.000. The molecular formula is C8H16N2. The van der Waals surface area contributed by atoms with Crippen LogP contribution in [-0.4, -0.2) is 17.5 Å². The van der Waals surface area contributed by atoms with Crippen LogP contribution in [0.15, 0.2) is 4.99 Å². The number of rotatable bonds is 3. The number of hydrogen-bond donors (Lipinski definition) is 1. The molecule has 0 unspecified atom stereocenters. The average Bonchev–Trinajstić information content (AvgIpc) is 1.58. The van der Waals surface area contributed by atoms with Gasteiger partial charge in [0.05, 0.1) is 0 Å². The van der Waals surface area contributed by atoms with Gasteiger partial charge in [0.2, 0.25) is 0 Å². The molecule has 0 bridgehead atoms. The van der Waals surface area contributed by atoms with E-state index < -0.39 is 0 Å². The molecule has 0 atom stereocenters. The first-order valence-electron chi connectivity index (χ1n) is 3.59. The van der Waals surface area contributed by atoms with E-state index in [1.54, 1.807) is 6.92 Å². The largest absolute Gasteiger partial charge is 0.310 e. The zero-order chi connectivity index (χ0) is 8.15. The molecule has 0 aliphatic carbocycles. The van der Waals surface area contributed by atoms with Crippen LogP contribution < -0.4 is 0 Å². The van der Waals surface area contributed by atoms with Crippen molar-refractivity contribution in [3.8, 4) is 0 Å². The van der Waals surface area contributed by atoms with Gasteiger partial charge in [0.1, 0.15) is 0 Å². The summed E-state index contributed by atoms with van der Waals surface area (Å²) < 4.78 is 0. The Kier molecular flexibility index (Phi) is 3.93. The van der Waals surface area contributed by atoms with Crippen LogP contribution >= 0.6 is 0 Å². The molecule has 0 saturated heterocycles. The Bertz CT molecular complexity index is 145. The Balaban J connectivity index is 3.82. The average molecular weight is 140 g/mol. The minimum Gasteiger partial charge on any atom is -0.310 e. The second-order valence-electron chi connectivity index (χ2n) is 2.92. The molecule has 58 valence electrons. The first kappa shape index (κ1) is 9.34. The van der Waals surface area contributed by atoms with E-state index in [2.05, 4.69) is 4.99 Å². The monoisotopic (exact) mass is 140 g/mol. The lowest BCUT2D eigenvalue weighted by Gasteiger charge is -2.00. The summed E-state index contributed by atoms with van der Waals surface area (Å²) in [4.78, 5) is 4.29. The van der Waals surface area contributed by atoms with Gasteiger partial charge in [-0.05, 0) is 27.7 Å². The molecule has 0 aliphatic rings. The summed E-state index contributed by atoms with van der Waals surface area (Å²) in [5, 5.41) is 7.19. The van der Waals surface area contributed by atoms with Crippen molar-refractivity contribution in [1.82, 2.24) is 0 Å². The molecule has 0 aromatic heterocycles. The molecule has 0 radical (unpaired) electrons. The molecule has 1 N–H and O–H groups in total. The van der Waals surface area contributed by atoms with Gasteiger partial charge >= 0.3 is 0 Å². The lowest BCUT2D eigenvalue weighted by atomic mass is 10.2. The van der Waals surface area contributed by atoms with E-state index >= 15 is 0 Å². The van der Waals surface area contributed by atoms with E-state index in [1.165, 1.54) is 0 Å². The predicted molar refractivity (Wildman–Crippen MR) is 46.3 cm³/mol. The van der Waals surface area contributed by atoms with Gasteiger partial charge < -0.3 is 5.41 Å². The van der Waals surface area contributed by atoms with Crippen molar-refractivity contribution in [2.75, 3.05) is 0 Å². The van der Waals surface area contributed by atoms with E-state index in [0.29, 0.717) is 11.8 Å². The highest BCUT2D eigenvalue weighted by atomic mass is 14.8. The van der Waals surface area contributed by atoms with Crippen molar-refractivity contribution in [2.45, 2.75) is 40.2 Å². The minimum absolute atomic E-state index is 0.361. The third kappa shape index (κ3) is 5.48. The Morgan fingerprint density at radius 3 is 2.20 bits per heavy atom. The maximum Gasteiger partial charge on any atom is 0.0442 e. The number of nitrogens with one attached hydrogen (secondary N) is 1. The third-order valence-corrected chi connectivity index (χ3v) is 1.000. The minimum atomic E-state index is 0.361. The van der Waals surface area contributed by atoms with Crippen LogP contribution in [-0.2, 0) is 0 Å². The van der Waals surface area contributed by atoms with Crippen LogP contribution in [0.1, 0.15) is 34.1 Å². The molecule has 0 heterocycles. The summed E-state index contributed by atoms with van der Waals surface area (Å²) in [5.41, 5.74) is 1.74. The molecule has 0 amide bonds. The second-order valence-corrected chi connectivity index (χ2v) is 2.92. The van der Waals surface area contributed by atoms with Crippen LogP contribution in [0.3, 0.4) is 0 Å². The molecular weight excluding hydrogens is 124 g/mol. The van der Waals surface area contributed by atoms with E-state index in [-0.39, 0.29) is 0 Å². The van der Waals surface area contributed by atoms with E-state index in [4.69, 9.17) is 5.41 Å². The fourth-order valence-corrected chi connectivity index (χ4v) is 0.870. The Morgan fingerprint density at radius 1 is 1.40 bits per heavy atom. The van der Waals surface area contributed by atoms with Crippen LogP contribution in [0.2, 0.25) is 0 Å². The molecule has 0 aliphatic heterocycles. The molecule has 0 aromatic carbocycles. The standard InChI is InChI=1S/C8H16N2/c1-6(2)10-8(4)5-7(3)9/h6,9H,5H2,1-4H3. The maximum absolute atomic E-state index is 7.19. The Hall–Kier alpha value is -0.660. The highest BCUT2D eigenvalue weighted by Crippen LogP contribution is 1.93. The Morgan fingerprint density at radius 2 is 1.90 bits per heavy atom. The van der Waals surface area contributed by atoms with Crippen LogP contribution in [0, 0.1) is 5.41 Å². The van der Waals surface area contributed by atoms with Crippen LogP contribution in [0.5, 0.6) is 0 Å². The molecule has 0 spiro atoms. The first-order chi connectivity index (χ1) is 4.52. The van der Waals surface area contributed by atoms with Crippen molar-refractivity contribution in [3.05, 3.63) is 0 Å². The number of aliphatic imine (C=N–C) groups is 1. The van der Waals surface area contributed by atoms with Gasteiger partial charge in [-0.3, -0.25) is 4.99 Å². The smallest absolute Gasteiger partial charge is 0.0442 e. The van der Waals surface area contributed by atoms with E-state index in [9.17, 15) is 0 Å². The molecule has 0 aromatic rings. The van der Waals surface area contributed by atoms with Gasteiger partial charge in [0, 0.05) is 23.9 Å². The van der Waals surface area contributed by atoms with Crippen LogP contribution in [0.4, 0.5) is 0 Å². The molecule has 2 nitrogen and oxygen atoms in total. The summed E-state index contributed by atoms with van der Waals surface area (Å²) in [5.74, 6) is 0. The summed E-state index contributed by atoms with van der Waals surface area (Å²) >= 11 is 0. The SMILES string of the molecule is CC(=N)CC(C)=NC(C)C. The van der Waals surface area contributed by atoms with Crippen molar-refractivity contribution < 1.29 is 0 Å². The summed E-state index contributed by atoms with van der Waals surface area (Å²) in [6.07, 6.45) is 0.720. The number of hydrogen-bond acceptors (Lipinski definition) is 2. The molecule has 0 fully saturated rings. The fraction of sp³-hybridized carbons (Fsp3) is 0.750. The summed E-state index contributed by atoms with van der Waals surface area (Å²) in [6, 6.07) is 0.361. The molecule has 0 rings (SSSR count). The zero-order valence-electron chi connectivity index (χ0n) is 7.23. The quantitative estimate of drug-likeness (QED) is 0.584. The first-order valence-corrected chi connectivity index (χ1v) is 3.59. The number of nitrogens with zero attached hydrogens (tertiary/aromatic N) is 1. The van der Waals surface area contributed by atoms with Gasteiger partial charge in [0.15, 0.2) is 0 Å².